The molecule has 0 spiro atoms. The van der Waals surface area contributed by atoms with Crippen molar-refractivity contribution in [2.45, 2.75) is 37.9 Å². The topological polar surface area (TPSA) is 132 Å². The van der Waals surface area contributed by atoms with Gasteiger partial charge in [0.2, 0.25) is 0 Å². The SMILES string of the molecule is O=C(Nc1cccc(Oc2ccc3c(c2)C(=O)N(CC2CCCO2)C3=O)c1)c1ccc2c(c1)C(=O)N(CC1CCCO1)C2=O. The molecule has 4 aliphatic rings. The van der Waals surface area contributed by atoms with Crippen molar-refractivity contribution in [3.8, 4) is 11.5 Å². The first-order chi connectivity index (χ1) is 21.4. The van der Waals surface area contributed by atoms with E-state index in [1.54, 1.807) is 42.5 Å². The number of nitrogens with one attached hydrogen (secondary N) is 1. The standard InChI is InChI=1S/C33H29N3O8/c37-29(19-8-10-25-27(14-19)32(40)35(30(25)38)17-23-6-2-12-42-23)34-20-4-1-5-21(15-20)44-22-9-11-26-28(16-22)33(41)36(31(26)39)18-24-7-3-13-43-24/h1,4-5,8-11,14-16,23-24H,2-3,6-7,12-13,17-18H2,(H,34,37). The highest BCUT2D eigenvalue weighted by Crippen LogP contribution is 2.32. The number of carbonyl (C=O) groups excluding carboxylic acids is 5. The molecule has 3 aromatic carbocycles. The minimum Gasteiger partial charge on any atom is -0.457 e. The van der Waals surface area contributed by atoms with Crippen molar-refractivity contribution in [1.82, 2.24) is 9.80 Å². The van der Waals surface area contributed by atoms with Crippen LogP contribution in [0.5, 0.6) is 11.5 Å². The van der Waals surface area contributed by atoms with Gasteiger partial charge in [-0.1, -0.05) is 6.07 Å². The van der Waals surface area contributed by atoms with E-state index < -0.39 is 11.8 Å². The molecule has 11 nitrogen and oxygen atoms in total. The van der Waals surface area contributed by atoms with Gasteiger partial charge in [-0.25, -0.2) is 0 Å². The van der Waals surface area contributed by atoms with Crippen LogP contribution in [0, 0.1) is 0 Å². The highest BCUT2D eigenvalue weighted by atomic mass is 16.5. The lowest BCUT2D eigenvalue weighted by molar-refractivity contribution is 0.0468. The second-order valence-corrected chi connectivity index (χ2v) is 11.3. The van der Waals surface area contributed by atoms with Gasteiger partial charge in [0.1, 0.15) is 11.5 Å². The second-order valence-electron chi connectivity index (χ2n) is 11.3. The van der Waals surface area contributed by atoms with Gasteiger partial charge in [-0.15, -0.1) is 0 Å². The molecule has 3 aromatic rings. The Morgan fingerprint density at radius 2 is 1.27 bits per heavy atom. The predicted molar refractivity (Wildman–Crippen MR) is 156 cm³/mol. The molecule has 2 fully saturated rings. The molecular formula is C33H29N3O8. The van der Waals surface area contributed by atoms with Gasteiger partial charge in [-0.2, -0.15) is 0 Å². The maximum atomic E-state index is 13.1. The maximum Gasteiger partial charge on any atom is 0.261 e. The Morgan fingerprint density at radius 1 is 0.705 bits per heavy atom. The molecule has 7 rings (SSSR count). The normalized spacial score (nSPS) is 20.8. The Balaban J connectivity index is 1.02. The molecule has 224 valence electrons. The first-order valence-corrected chi connectivity index (χ1v) is 14.7. The number of anilines is 1. The quantitative estimate of drug-likeness (QED) is 0.382. The van der Waals surface area contributed by atoms with Gasteiger partial charge >= 0.3 is 0 Å². The third kappa shape index (κ3) is 5.14. The van der Waals surface area contributed by atoms with Crippen LogP contribution in [-0.4, -0.2) is 77.8 Å². The molecule has 4 aliphatic heterocycles. The van der Waals surface area contributed by atoms with E-state index in [1.165, 1.54) is 28.0 Å². The first-order valence-electron chi connectivity index (χ1n) is 14.7. The van der Waals surface area contributed by atoms with E-state index in [2.05, 4.69) is 5.32 Å². The van der Waals surface area contributed by atoms with E-state index in [0.717, 1.165) is 25.7 Å². The van der Waals surface area contributed by atoms with Crippen LogP contribution in [0.3, 0.4) is 0 Å². The number of imide groups is 2. The lowest BCUT2D eigenvalue weighted by atomic mass is 10.1. The summed E-state index contributed by atoms with van der Waals surface area (Å²) in [4.78, 5) is 67.2. The number of amides is 5. The summed E-state index contributed by atoms with van der Waals surface area (Å²) in [5, 5.41) is 2.80. The van der Waals surface area contributed by atoms with E-state index in [1.807, 2.05) is 0 Å². The number of hydrogen-bond acceptors (Lipinski definition) is 8. The highest BCUT2D eigenvalue weighted by molar-refractivity contribution is 6.23. The average molecular weight is 596 g/mol. The van der Waals surface area contributed by atoms with Gasteiger partial charge in [0.25, 0.3) is 29.5 Å². The Kier molecular flexibility index (Phi) is 7.19. The van der Waals surface area contributed by atoms with Crippen LogP contribution in [0.25, 0.3) is 0 Å². The molecule has 1 N–H and O–H groups in total. The molecule has 0 saturated carbocycles. The molecular weight excluding hydrogens is 566 g/mol. The van der Waals surface area contributed by atoms with Gasteiger partial charge < -0.3 is 19.5 Å². The molecule has 2 saturated heterocycles. The smallest absolute Gasteiger partial charge is 0.261 e. The Labute approximate surface area is 252 Å². The van der Waals surface area contributed by atoms with Crippen LogP contribution in [0.15, 0.2) is 60.7 Å². The zero-order valence-corrected chi connectivity index (χ0v) is 23.7. The third-order valence-electron chi connectivity index (χ3n) is 8.32. The number of nitrogens with zero attached hydrogens (tertiary/aromatic N) is 2. The molecule has 0 aliphatic carbocycles. The molecule has 44 heavy (non-hydrogen) atoms. The minimum absolute atomic E-state index is 0.142. The van der Waals surface area contributed by atoms with Gasteiger partial charge in [-0.3, -0.25) is 33.8 Å². The molecule has 0 aromatic heterocycles. The molecule has 5 amide bonds. The second kappa shape index (κ2) is 11.3. The monoisotopic (exact) mass is 595 g/mol. The Morgan fingerprint density at radius 3 is 1.89 bits per heavy atom. The van der Waals surface area contributed by atoms with Gasteiger partial charge in [-0.05, 0) is 74.2 Å². The molecule has 2 atom stereocenters. The van der Waals surface area contributed by atoms with E-state index in [9.17, 15) is 24.0 Å². The van der Waals surface area contributed by atoms with Crippen molar-refractivity contribution in [3.05, 3.63) is 88.5 Å². The lowest BCUT2D eigenvalue weighted by Gasteiger charge is -2.17. The number of benzene rings is 3. The van der Waals surface area contributed by atoms with Crippen LogP contribution in [0.1, 0.15) is 77.5 Å². The summed E-state index contributed by atoms with van der Waals surface area (Å²) in [5.74, 6) is -1.24. The van der Waals surface area contributed by atoms with E-state index in [4.69, 9.17) is 14.2 Å². The number of rotatable bonds is 8. The minimum atomic E-state index is -0.462. The number of fused-ring (bicyclic) bond motifs is 2. The predicted octanol–water partition coefficient (Wildman–Crippen LogP) is 4.28. The highest BCUT2D eigenvalue weighted by Gasteiger charge is 2.39. The molecule has 0 radical (unpaired) electrons. The summed E-state index contributed by atoms with van der Waals surface area (Å²) < 4.78 is 17.2. The fourth-order valence-electron chi connectivity index (χ4n) is 6.06. The summed E-state index contributed by atoms with van der Waals surface area (Å²) in [7, 11) is 0. The van der Waals surface area contributed by atoms with Crippen LogP contribution in [-0.2, 0) is 9.47 Å². The average Bonchev–Trinajstić information content (AvgIpc) is 3.82. The van der Waals surface area contributed by atoms with E-state index in [0.29, 0.717) is 36.0 Å². The van der Waals surface area contributed by atoms with Crippen LogP contribution in [0.2, 0.25) is 0 Å². The van der Waals surface area contributed by atoms with Gasteiger partial charge in [0.05, 0.1) is 47.6 Å². The number of hydrogen-bond donors (Lipinski definition) is 1. The van der Waals surface area contributed by atoms with Crippen LogP contribution in [0.4, 0.5) is 5.69 Å². The van der Waals surface area contributed by atoms with Gasteiger partial charge in [0, 0.05) is 30.5 Å². The summed E-state index contributed by atoms with van der Waals surface area (Å²) in [5.41, 5.74) is 1.72. The molecule has 11 heteroatoms. The Hall–Kier alpha value is -4.87. The fourth-order valence-corrected chi connectivity index (χ4v) is 6.06. The third-order valence-corrected chi connectivity index (χ3v) is 8.32. The molecule has 4 heterocycles. The first kappa shape index (κ1) is 27.9. The summed E-state index contributed by atoms with van der Waals surface area (Å²) >= 11 is 0. The lowest BCUT2D eigenvalue weighted by Crippen LogP contribution is -2.36. The Bertz CT molecular complexity index is 1710. The summed E-state index contributed by atoms with van der Waals surface area (Å²) in [6.07, 6.45) is 3.11. The van der Waals surface area contributed by atoms with Gasteiger partial charge in [0.15, 0.2) is 0 Å². The van der Waals surface area contributed by atoms with Crippen molar-refractivity contribution in [1.29, 1.82) is 0 Å². The molecule has 0 bridgehead atoms. The van der Waals surface area contributed by atoms with Crippen molar-refractivity contribution in [3.63, 3.8) is 0 Å². The summed E-state index contributed by atoms with van der Waals surface area (Å²) in [6.45, 7) is 1.68. The van der Waals surface area contributed by atoms with Crippen molar-refractivity contribution in [2.75, 3.05) is 31.6 Å². The largest absolute Gasteiger partial charge is 0.457 e. The van der Waals surface area contributed by atoms with Crippen LogP contribution < -0.4 is 10.1 Å². The molecule has 2 unspecified atom stereocenters. The van der Waals surface area contributed by atoms with Crippen molar-refractivity contribution >= 4 is 35.2 Å². The maximum absolute atomic E-state index is 13.1. The van der Waals surface area contributed by atoms with Crippen LogP contribution >= 0.6 is 0 Å². The number of carbonyl (C=O) groups is 5. The van der Waals surface area contributed by atoms with E-state index in [-0.39, 0.29) is 65.3 Å². The fraction of sp³-hybridized carbons (Fsp3) is 0.303. The summed E-state index contributed by atoms with van der Waals surface area (Å²) in [6, 6.07) is 15.9. The zero-order chi connectivity index (χ0) is 30.4. The van der Waals surface area contributed by atoms with Crippen molar-refractivity contribution in [2.24, 2.45) is 0 Å². The van der Waals surface area contributed by atoms with Crippen molar-refractivity contribution < 1.29 is 38.2 Å². The number of ether oxygens (including phenoxy) is 3. The van der Waals surface area contributed by atoms with E-state index >= 15 is 0 Å². The zero-order valence-electron chi connectivity index (χ0n) is 23.7.